The van der Waals surface area contributed by atoms with Gasteiger partial charge in [-0.05, 0) is 17.5 Å². The molecule has 0 fully saturated rings. The standard InChI is InChI=1S/C15H15BrFNO2/c1-20-9-10(8-16)18-15(19)13-6-7-14(17)12-5-3-2-4-11(12)13/h2-7,10H,8-9H2,1H3,(H,18,19). The summed E-state index contributed by atoms with van der Waals surface area (Å²) in [5.74, 6) is -0.561. The van der Waals surface area contributed by atoms with Gasteiger partial charge in [0.15, 0.2) is 0 Å². The summed E-state index contributed by atoms with van der Waals surface area (Å²) >= 11 is 3.32. The van der Waals surface area contributed by atoms with Crippen molar-refractivity contribution < 1.29 is 13.9 Å². The smallest absolute Gasteiger partial charge is 0.252 e. The van der Waals surface area contributed by atoms with Crippen molar-refractivity contribution in [2.75, 3.05) is 19.0 Å². The van der Waals surface area contributed by atoms with E-state index >= 15 is 0 Å². The highest BCUT2D eigenvalue weighted by Crippen LogP contribution is 2.21. The number of benzene rings is 2. The van der Waals surface area contributed by atoms with Crippen molar-refractivity contribution in [2.45, 2.75) is 6.04 Å². The number of hydrogen-bond acceptors (Lipinski definition) is 2. The maximum Gasteiger partial charge on any atom is 0.252 e. The van der Waals surface area contributed by atoms with Crippen molar-refractivity contribution in [3.8, 4) is 0 Å². The van der Waals surface area contributed by atoms with Crippen LogP contribution in [0, 0.1) is 5.82 Å². The molecule has 1 unspecified atom stereocenters. The molecular weight excluding hydrogens is 325 g/mol. The van der Waals surface area contributed by atoms with Gasteiger partial charge < -0.3 is 10.1 Å². The van der Waals surface area contributed by atoms with Crippen molar-refractivity contribution in [1.82, 2.24) is 5.32 Å². The molecule has 0 aliphatic rings. The minimum Gasteiger partial charge on any atom is -0.383 e. The summed E-state index contributed by atoms with van der Waals surface area (Å²) in [6.45, 7) is 0.413. The summed E-state index contributed by atoms with van der Waals surface area (Å²) in [6, 6.07) is 9.64. The molecule has 5 heteroatoms. The maximum absolute atomic E-state index is 13.7. The molecule has 0 spiro atoms. The predicted octanol–water partition coefficient (Wildman–Crippen LogP) is 3.12. The van der Waals surface area contributed by atoms with E-state index in [1.807, 2.05) is 0 Å². The fourth-order valence-electron chi connectivity index (χ4n) is 2.05. The lowest BCUT2D eigenvalue weighted by Gasteiger charge is -2.16. The SMILES string of the molecule is COCC(CBr)NC(=O)c1ccc(F)c2ccccc12. The lowest BCUT2D eigenvalue weighted by molar-refractivity contribution is 0.0909. The largest absolute Gasteiger partial charge is 0.383 e. The summed E-state index contributed by atoms with van der Waals surface area (Å²) in [5, 5.41) is 4.50. The molecule has 1 atom stereocenters. The maximum atomic E-state index is 13.7. The van der Waals surface area contributed by atoms with E-state index in [0.717, 1.165) is 0 Å². The fourth-order valence-corrected chi connectivity index (χ4v) is 2.40. The summed E-state index contributed by atoms with van der Waals surface area (Å²) < 4.78 is 18.8. The van der Waals surface area contributed by atoms with Gasteiger partial charge in [-0.2, -0.15) is 0 Å². The van der Waals surface area contributed by atoms with Crippen LogP contribution in [0.2, 0.25) is 0 Å². The number of amides is 1. The third-order valence-corrected chi connectivity index (χ3v) is 3.79. The van der Waals surface area contributed by atoms with E-state index in [4.69, 9.17) is 4.74 Å². The van der Waals surface area contributed by atoms with Crippen LogP contribution in [0.3, 0.4) is 0 Å². The van der Waals surface area contributed by atoms with Crippen LogP contribution >= 0.6 is 15.9 Å². The molecule has 1 amide bonds. The van der Waals surface area contributed by atoms with Crippen LogP contribution in [0.5, 0.6) is 0 Å². The van der Waals surface area contributed by atoms with E-state index in [-0.39, 0.29) is 17.8 Å². The minimum atomic E-state index is -0.328. The quantitative estimate of drug-likeness (QED) is 0.850. The van der Waals surface area contributed by atoms with E-state index in [2.05, 4.69) is 21.2 Å². The Kier molecular flexibility index (Phi) is 5.09. The number of hydrogen-bond donors (Lipinski definition) is 1. The molecule has 0 heterocycles. The molecule has 2 aromatic carbocycles. The molecule has 106 valence electrons. The summed E-state index contributed by atoms with van der Waals surface area (Å²) in [4.78, 5) is 12.3. The summed E-state index contributed by atoms with van der Waals surface area (Å²) in [6.07, 6.45) is 0. The van der Waals surface area contributed by atoms with Gasteiger partial charge >= 0.3 is 0 Å². The molecule has 0 saturated heterocycles. The Morgan fingerprint density at radius 2 is 2.00 bits per heavy atom. The highest BCUT2D eigenvalue weighted by molar-refractivity contribution is 9.09. The van der Waals surface area contributed by atoms with Crippen molar-refractivity contribution in [3.63, 3.8) is 0 Å². The molecule has 0 radical (unpaired) electrons. The lowest BCUT2D eigenvalue weighted by atomic mass is 10.0. The van der Waals surface area contributed by atoms with Gasteiger partial charge in [0, 0.05) is 23.4 Å². The monoisotopic (exact) mass is 339 g/mol. The van der Waals surface area contributed by atoms with E-state index in [1.165, 1.54) is 12.1 Å². The van der Waals surface area contributed by atoms with E-state index in [0.29, 0.717) is 28.3 Å². The molecule has 1 N–H and O–H groups in total. The summed E-state index contributed by atoms with van der Waals surface area (Å²) in [7, 11) is 1.58. The number of carbonyl (C=O) groups is 1. The van der Waals surface area contributed by atoms with Crippen molar-refractivity contribution in [2.24, 2.45) is 0 Å². The Morgan fingerprint density at radius 1 is 1.30 bits per heavy atom. The van der Waals surface area contributed by atoms with Crippen LogP contribution in [0.15, 0.2) is 36.4 Å². The van der Waals surface area contributed by atoms with Crippen molar-refractivity contribution >= 4 is 32.6 Å². The van der Waals surface area contributed by atoms with Crippen LogP contribution in [0.25, 0.3) is 10.8 Å². The predicted molar refractivity (Wildman–Crippen MR) is 80.8 cm³/mol. The van der Waals surface area contributed by atoms with Crippen molar-refractivity contribution in [3.05, 3.63) is 47.8 Å². The molecule has 0 aromatic heterocycles. The minimum absolute atomic E-state index is 0.128. The number of nitrogens with one attached hydrogen (secondary N) is 1. The van der Waals surface area contributed by atoms with Crippen LogP contribution in [-0.4, -0.2) is 31.0 Å². The fraction of sp³-hybridized carbons (Fsp3) is 0.267. The van der Waals surface area contributed by atoms with Crippen LogP contribution < -0.4 is 5.32 Å². The van der Waals surface area contributed by atoms with Gasteiger partial charge in [-0.25, -0.2) is 4.39 Å². The van der Waals surface area contributed by atoms with E-state index in [1.54, 1.807) is 31.4 Å². The Bertz CT molecular complexity index is 618. The second-order valence-corrected chi connectivity index (χ2v) is 5.07. The van der Waals surface area contributed by atoms with Crippen molar-refractivity contribution in [1.29, 1.82) is 0 Å². The molecule has 2 rings (SSSR count). The average molecular weight is 340 g/mol. The third kappa shape index (κ3) is 3.16. The Hall–Kier alpha value is -1.46. The number of halogens is 2. The number of carbonyl (C=O) groups excluding carboxylic acids is 1. The molecule has 3 nitrogen and oxygen atoms in total. The van der Waals surface area contributed by atoms with Crippen LogP contribution in [-0.2, 0) is 4.74 Å². The molecule has 20 heavy (non-hydrogen) atoms. The first-order chi connectivity index (χ1) is 9.67. The van der Waals surface area contributed by atoms with Gasteiger partial charge in [0.2, 0.25) is 0 Å². The van der Waals surface area contributed by atoms with E-state index < -0.39 is 0 Å². The number of rotatable bonds is 5. The third-order valence-electron chi connectivity index (χ3n) is 3.00. The average Bonchev–Trinajstić information content (AvgIpc) is 2.47. The lowest BCUT2D eigenvalue weighted by Crippen LogP contribution is -2.39. The normalized spacial score (nSPS) is 12.3. The molecule has 0 aliphatic carbocycles. The van der Waals surface area contributed by atoms with Crippen LogP contribution in [0.1, 0.15) is 10.4 Å². The van der Waals surface area contributed by atoms with Gasteiger partial charge in [-0.1, -0.05) is 40.2 Å². The van der Waals surface area contributed by atoms with Gasteiger partial charge in [0.25, 0.3) is 5.91 Å². The second-order valence-electron chi connectivity index (χ2n) is 4.42. The van der Waals surface area contributed by atoms with Gasteiger partial charge in [-0.15, -0.1) is 0 Å². The molecule has 0 bridgehead atoms. The first-order valence-corrected chi connectivity index (χ1v) is 7.32. The topological polar surface area (TPSA) is 38.3 Å². The van der Waals surface area contributed by atoms with Crippen LogP contribution in [0.4, 0.5) is 4.39 Å². The molecular formula is C15H15BrFNO2. The number of ether oxygens (including phenoxy) is 1. The zero-order chi connectivity index (χ0) is 14.5. The molecule has 2 aromatic rings. The van der Waals surface area contributed by atoms with E-state index in [9.17, 15) is 9.18 Å². The number of fused-ring (bicyclic) bond motifs is 1. The second kappa shape index (κ2) is 6.81. The highest BCUT2D eigenvalue weighted by Gasteiger charge is 2.16. The Morgan fingerprint density at radius 3 is 2.65 bits per heavy atom. The first-order valence-electron chi connectivity index (χ1n) is 6.20. The van der Waals surface area contributed by atoms with Gasteiger partial charge in [-0.3, -0.25) is 4.79 Å². The Balaban J connectivity index is 2.33. The van der Waals surface area contributed by atoms with Gasteiger partial charge in [0.05, 0.1) is 12.6 Å². The highest BCUT2D eigenvalue weighted by atomic mass is 79.9. The first kappa shape index (κ1) is 14.9. The molecule has 0 saturated carbocycles. The zero-order valence-electron chi connectivity index (χ0n) is 11.0. The number of alkyl halides is 1. The van der Waals surface area contributed by atoms with Gasteiger partial charge in [0.1, 0.15) is 5.82 Å². The molecule has 0 aliphatic heterocycles. The Labute approximate surface area is 125 Å². The number of methoxy groups -OCH3 is 1. The zero-order valence-corrected chi connectivity index (χ0v) is 12.6. The summed E-state index contributed by atoms with van der Waals surface area (Å²) in [5.41, 5.74) is 0.462.